The van der Waals surface area contributed by atoms with Crippen molar-refractivity contribution in [1.82, 2.24) is 4.31 Å². The molecule has 2 fully saturated rings. The first-order valence-electron chi connectivity index (χ1n) is 8.67. The van der Waals surface area contributed by atoms with Crippen molar-refractivity contribution in [3.05, 3.63) is 24.3 Å². The number of nitrogens with one attached hydrogen (secondary N) is 1. The molecule has 1 aromatic rings. The topological polar surface area (TPSA) is 66.5 Å². The van der Waals surface area contributed by atoms with E-state index >= 15 is 0 Å². The highest BCUT2D eigenvalue weighted by Gasteiger charge is 2.44. The van der Waals surface area contributed by atoms with Crippen LogP contribution in [0.25, 0.3) is 0 Å². The first-order valence-corrected chi connectivity index (χ1v) is 10.1. The largest absolute Gasteiger partial charge is 0.325 e. The highest BCUT2D eigenvalue weighted by molar-refractivity contribution is 7.89. The molecule has 1 N–H and O–H groups in total. The Morgan fingerprint density at radius 1 is 1.08 bits per heavy atom. The molecule has 1 amide bonds. The number of benzene rings is 1. The van der Waals surface area contributed by atoms with Crippen LogP contribution in [0, 0.1) is 23.7 Å². The van der Waals surface area contributed by atoms with Crippen LogP contribution in [-0.4, -0.2) is 31.7 Å². The smallest absolute Gasteiger partial charge is 0.245 e. The van der Waals surface area contributed by atoms with Crippen LogP contribution in [0.5, 0.6) is 0 Å². The van der Waals surface area contributed by atoms with Gasteiger partial charge >= 0.3 is 0 Å². The molecule has 4 atom stereocenters. The number of carbonyl (C=O) groups excluding carboxylic acids is 1. The number of fused-ring (bicyclic) bond motifs is 1. The minimum atomic E-state index is -3.61. The zero-order valence-electron chi connectivity index (χ0n) is 14.5. The van der Waals surface area contributed by atoms with Crippen molar-refractivity contribution in [1.29, 1.82) is 0 Å². The summed E-state index contributed by atoms with van der Waals surface area (Å²) in [5.41, 5.74) is 0.360. The van der Waals surface area contributed by atoms with E-state index < -0.39 is 10.0 Å². The summed E-state index contributed by atoms with van der Waals surface area (Å²) in [4.78, 5) is 11.6. The Morgan fingerprint density at radius 2 is 1.79 bits per heavy atom. The summed E-state index contributed by atoms with van der Waals surface area (Å²) in [6, 6.07) is 6.66. The monoisotopic (exact) mass is 350 g/mol. The van der Waals surface area contributed by atoms with E-state index in [1.165, 1.54) is 19.8 Å². The molecule has 5 nitrogen and oxygen atoms in total. The van der Waals surface area contributed by atoms with E-state index in [-0.39, 0.29) is 10.8 Å². The molecular formula is C18H26N2O3S. The number of hydrogen-bond donors (Lipinski definition) is 1. The second kappa shape index (κ2) is 6.48. The van der Waals surface area contributed by atoms with Gasteiger partial charge in [0.15, 0.2) is 0 Å². The van der Waals surface area contributed by atoms with E-state index in [1.807, 2.05) is 0 Å². The summed E-state index contributed by atoms with van der Waals surface area (Å²) in [5.74, 6) is 1.75. The summed E-state index contributed by atoms with van der Waals surface area (Å²) in [6.07, 6.45) is 2.40. The Bertz CT molecular complexity index is 732. The van der Waals surface area contributed by atoms with Crippen LogP contribution in [0.2, 0.25) is 0 Å². The summed E-state index contributed by atoms with van der Waals surface area (Å²) in [7, 11) is -3.61. The average Bonchev–Trinajstić information content (AvgIpc) is 2.89. The van der Waals surface area contributed by atoms with E-state index in [0.717, 1.165) is 0 Å². The number of piperidine rings is 1. The fraction of sp³-hybridized carbons (Fsp3) is 0.611. The number of hydrogen-bond acceptors (Lipinski definition) is 3. The second-order valence-corrected chi connectivity index (χ2v) is 9.27. The number of para-hydroxylation sites is 1. The van der Waals surface area contributed by atoms with Gasteiger partial charge in [-0.05, 0) is 42.2 Å². The molecule has 0 radical (unpaired) electrons. The standard InChI is InChI=1S/C18H26N2O3S/c1-12-8-9-15-13(2)10-20(11-16(12)15)24(22,23)18-7-5-4-6-17(18)19-14(3)21/h4-7,12-13,15-16H,8-11H2,1-3H3,(H,19,21)/t12-,13-,15+,16+/m0/s1. The first kappa shape index (κ1) is 17.4. The lowest BCUT2D eigenvalue weighted by Crippen LogP contribution is -2.47. The third-order valence-electron chi connectivity index (χ3n) is 5.69. The molecule has 1 aliphatic heterocycles. The van der Waals surface area contributed by atoms with Gasteiger partial charge in [-0.2, -0.15) is 4.31 Å². The predicted octanol–water partition coefficient (Wildman–Crippen LogP) is 2.95. The zero-order valence-corrected chi connectivity index (χ0v) is 15.3. The van der Waals surface area contributed by atoms with Gasteiger partial charge in [0.1, 0.15) is 4.90 Å². The van der Waals surface area contributed by atoms with Crippen LogP contribution in [0.4, 0.5) is 5.69 Å². The van der Waals surface area contributed by atoms with Crippen molar-refractivity contribution >= 4 is 21.6 Å². The predicted molar refractivity (Wildman–Crippen MR) is 94.0 cm³/mol. The summed E-state index contributed by atoms with van der Waals surface area (Å²) in [5, 5.41) is 2.64. The molecular weight excluding hydrogens is 324 g/mol. The van der Waals surface area contributed by atoms with Crippen molar-refractivity contribution < 1.29 is 13.2 Å². The van der Waals surface area contributed by atoms with Crippen molar-refractivity contribution in [3.8, 4) is 0 Å². The third kappa shape index (κ3) is 3.09. The van der Waals surface area contributed by atoms with E-state index in [1.54, 1.807) is 28.6 Å². The fourth-order valence-electron chi connectivity index (χ4n) is 4.41. The second-order valence-electron chi connectivity index (χ2n) is 7.36. The Morgan fingerprint density at radius 3 is 2.50 bits per heavy atom. The van der Waals surface area contributed by atoms with Crippen molar-refractivity contribution in [2.75, 3.05) is 18.4 Å². The van der Waals surface area contributed by atoms with E-state index in [2.05, 4.69) is 19.2 Å². The molecule has 3 rings (SSSR count). The minimum absolute atomic E-state index is 0.191. The molecule has 1 heterocycles. The maximum absolute atomic E-state index is 13.2. The lowest BCUT2D eigenvalue weighted by Gasteiger charge is -2.40. The number of rotatable bonds is 3. The molecule has 0 bridgehead atoms. The maximum Gasteiger partial charge on any atom is 0.245 e. The summed E-state index contributed by atoms with van der Waals surface area (Å²) >= 11 is 0. The van der Waals surface area contributed by atoms with Gasteiger partial charge < -0.3 is 5.32 Å². The highest BCUT2D eigenvalue weighted by atomic mass is 32.2. The minimum Gasteiger partial charge on any atom is -0.325 e. The summed E-state index contributed by atoms with van der Waals surface area (Å²) in [6.45, 7) is 6.94. The zero-order chi connectivity index (χ0) is 17.5. The van der Waals surface area contributed by atoms with Crippen LogP contribution in [0.3, 0.4) is 0 Å². The number of nitrogens with zero attached hydrogens (tertiary/aromatic N) is 1. The normalized spacial score (nSPS) is 30.8. The maximum atomic E-state index is 13.2. The van der Waals surface area contributed by atoms with Crippen LogP contribution in [0.1, 0.15) is 33.6 Å². The van der Waals surface area contributed by atoms with Gasteiger partial charge in [-0.15, -0.1) is 0 Å². The van der Waals surface area contributed by atoms with E-state index in [4.69, 9.17) is 0 Å². The highest BCUT2D eigenvalue weighted by Crippen LogP contribution is 2.45. The quantitative estimate of drug-likeness (QED) is 0.911. The number of sulfonamides is 1. The van der Waals surface area contributed by atoms with Gasteiger partial charge in [0.25, 0.3) is 0 Å². The Labute approximate surface area is 144 Å². The lowest BCUT2D eigenvalue weighted by atomic mass is 9.79. The average molecular weight is 350 g/mol. The molecule has 132 valence electrons. The molecule has 1 saturated heterocycles. The molecule has 0 spiro atoms. The Balaban J connectivity index is 1.92. The van der Waals surface area contributed by atoms with E-state index in [9.17, 15) is 13.2 Å². The first-order chi connectivity index (χ1) is 11.3. The van der Waals surface area contributed by atoms with Crippen molar-refractivity contribution in [3.63, 3.8) is 0 Å². The fourth-order valence-corrected chi connectivity index (χ4v) is 6.14. The van der Waals surface area contributed by atoms with Crippen LogP contribution in [-0.2, 0) is 14.8 Å². The number of amides is 1. The van der Waals surface area contributed by atoms with E-state index in [0.29, 0.717) is 42.4 Å². The molecule has 1 aliphatic carbocycles. The van der Waals surface area contributed by atoms with Gasteiger partial charge in [-0.25, -0.2) is 8.42 Å². The molecule has 1 saturated carbocycles. The van der Waals surface area contributed by atoms with Gasteiger partial charge in [0, 0.05) is 20.0 Å². The van der Waals surface area contributed by atoms with Crippen molar-refractivity contribution in [2.45, 2.75) is 38.5 Å². The number of carbonyl (C=O) groups is 1. The van der Waals surface area contributed by atoms with Crippen molar-refractivity contribution in [2.24, 2.45) is 23.7 Å². The Hall–Kier alpha value is -1.40. The molecule has 1 aromatic carbocycles. The molecule has 0 aromatic heterocycles. The molecule has 0 unspecified atom stereocenters. The van der Waals surface area contributed by atoms with Gasteiger partial charge in [-0.3, -0.25) is 4.79 Å². The lowest BCUT2D eigenvalue weighted by molar-refractivity contribution is -0.114. The van der Waals surface area contributed by atoms with Crippen LogP contribution in [0.15, 0.2) is 29.2 Å². The SMILES string of the molecule is CC(=O)Nc1ccccc1S(=O)(=O)N1C[C@H]2[C@H](CC[C@@H]2C)[C@@H](C)C1. The molecule has 24 heavy (non-hydrogen) atoms. The molecule has 2 aliphatic rings. The number of anilines is 1. The third-order valence-corrected chi connectivity index (χ3v) is 7.58. The Kier molecular flexibility index (Phi) is 4.71. The summed E-state index contributed by atoms with van der Waals surface area (Å²) < 4.78 is 28.0. The van der Waals surface area contributed by atoms with Gasteiger partial charge in [0.05, 0.1) is 5.69 Å². The van der Waals surface area contributed by atoms with Gasteiger partial charge in [-0.1, -0.05) is 32.4 Å². The van der Waals surface area contributed by atoms with Gasteiger partial charge in [0.2, 0.25) is 15.9 Å². The van der Waals surface area contributed by atoms with Crippen LogP contribution < -0.4 is 5.32 Å². The molecule has 6 heteroatoms. The van der Waals surface area contributed by atoms with Crippen LogP contribution >= 0.6 is 0 Å².